The maximum absolute atomic E-state index is 12.2. The maximum Gasteiger partial charge on any atom is 2.00 e. The molecule has 9 N–H and O–H groups in total. The van der Waals surface area contributed by atoms with E-state index in [1.165, 1.54) is 6.07 Å². The largest absolute Gasteiger partial charge is 2.00 e. The van der Waals surface area contributed by atoms with Crippen molar-refractivity contribution in [1.82, 2.24) is 31.0 Å². The molecule has 0 aliphatic carbocycles. The molecule has 24 heteroatoms. The van der Waals surface area contributed by atoms with Crippen LogP contribution in [-0.4, -0.2) is 70.4 Å². The van der Waals surface area contributed by atoms with E-state index in [2.05, 4.69) is 41.2 Å². The number of carbonyl (C=O) groups excluding carboxylic acids is 2. The van der Waals surface area contributed by atoms with Crippen molar-refractivity contribution in [2.24, 2.45) is 10.2 Å². The van der Waals surface area contributed by atoms with Gasteiger partial charge in [-0.15, -0.1) is 0 Å². The molecule has 0 bridgehead atoms. The van der Waals surface area contributed by atoms with Gasteiger partial charge >= 0.3 is 34.1 Å². The van der Waals surface area contributed by atoms with Crippen molar-refractivity contribution in [2.75, 3.05) is 0 Å². The predicted octanol–water partition coefficient (Wildman–Crippen LogP) is -2.00. The van der Waals surface area contributed by atoms with Gasteiger partial charge in [-0.3, -0.25) is 19.6 Å². The molecule has 0 unspecified atom stereocenters. The van der Waals surface area contributed by atoms with Gasteiger partial charge in [-0.05, 0) is 44.2 Å². The van der Waals surface area contributed by atoms with Crippen molar-refractivity contribution >= 4 is 23.2 Å². The predicted molar refractivity (Wildman–Crippen MR) is 139 cm³/mol. The molecular formula is C19H24Cu2N10O12. The van der Waals surface area contributed by atoms with Crippen molar-refractivity contribution < 1.29 is 75.8 Å². The first-order valence-electron chi connectivity index (χ1n) is 9.66. The van der Waals surface area contributed by atoms with Gasteiger partial charge in [0, 0.05) is 12.4 Å². The fraction of sp³-hybridized carbons (Fsp3) is 0.105. The van der Waals surface area contributed by atoms with Crippen molar-refractivity contribution in [3.63, 3.8) is 0 Å². The summed E-state index contributed by atoms with van der Waals surface area (Å²) in [5, 5.41) is 44.9. The van der Waals surface area contributed by atoms with Crippen LogP contribution < -0.4 is 16.0 Å². The Hall–Kier alpha value is -4.93. The van der Waals surface area contributed by atoms with Gasteiger partial charge in [-0.25, -0.2) is 10.9 Å². The van der Waals surface area contributed by atoms with Crippen LogP contribution in [0.1, 0.15) is 46.2 Å². The molecule has 0 atom stereocenters. The van der Waals surface area contributed by atoms with Gasteiger partial charge in [-0.1, -0.05) is 17.8 Å². The number of hydrazone groups is 2. The second-order valence-corrected chi connectivity index (χ2v) is 6.27. The minimum atomic E-state index is -1.75. The maximum atomic E-state index is 12.2. The molecule has 22 nitrogen and oxygen atoms in total. The summed E-state index contributed by atoms with van der Waals surface area (Å²) in [6.45, 7) is 3.42. The Bertz CT molecular complexity index is 1180. The molecule has 3 aromatic rings. The van der Waals surface area contributed by atoms with E-state index in [0.717, 1.165) is 0 Å². The second-order valence-electron chi connectivity index (χ2n) is 6.27. The van der Waals surface area contributed by atoms with Crippen molar-refractivity contribution in [3.8, 4) is 0 Å². The molecule has 0 spiro atoms. The van der Waals surface area contributed by atoms with Crippen LogP contribution in [0.2, 0.25) is 0 Å². The summed E-state index contributed by atoms with van der Waals surface area (Å²) in [6, 6.07) is 12.0. The fourth-order valence-corrected chi connectivity index (χ4v) is 2.17. The van der Waals surface area contributed by atoms with E-state index in [9.17, 15) is 9.59 Å². The normalized spacial score (nSPS) is 9.07. The monoisotopic (exact) mass is 710 g/mol. The van der Waals surface area contributed by atoms with Gasteiger partial charge in [-0.2, -0.15) is 10.2 Å². The topological polar surface area (TPSA) is 393 Å². The molecule has 0 aliphatic rings. The van der Waals surface area contributed by atoms with Crippen molar-refractivity contribution in [2.45, 2.75) is 13.8 Å². The number of nitrogens with one attached hydrogen (secondary N) is 2. The van der Waals surface area contributed by atoms with Crippen LogP contribution in [0.15, 0.2) is 65.1 Å². The molecule has 0 aliphatic heterocycles. The Morgan fingerprint density at radius 1 is 0.744 bits per heavy atom. The molecule has 3 aromatic heterocycles. The molecule has 3 rings (SSSR count). The van der Waals surface area contributed by atoms with Gasteiger partial charge in [0.25, 0.3) is 5.91 Å². The summed E-state index contributed by atoms with van der Waals surface area (Å²) in [6.07, 6.45) is 3.25. The van der Waals surface area contributed by atoms with Crippen LogP contribution in [0.4, 0.5) is 0 Å². The first kappa shape index (κ1) is 50.9. The third-order valence-corrected chi connectivity index (χ3v) is 3.73. The molecular weight excluding hydrogens is 687 g/mol. The molecule has 43 heavy (non-hydrogen) atoms. The minimum absolute atomic E-state index is 0. The number of pyridine rings is 2. The SMILES string of the molecule is C/C(=N\NC(=O)c1cc(C(=O)N/N=C(\C)c2ccccn2)[n-]n1)c1ccccn1.O.O.O.O=[N+]([O-])[O-].O=[N+]([O-])[O-].[Cu+2].[Cu+2].[OH-]. The second kappa shape index (κ2) is 27.2. The summed E-state index contributed by atoms with van der Waals surface area (Å²) in [5.41, 5.74) is 6.94. The fourth-order valence-electron chi connectivity index (χ4n) is 2.17. The van der Waals surface area contributed by atoms with E-state index >= 15 is 0 Å². The summed E-state index contributed by atoms with van der Waals surface area (Å²) in [7, 11) is 0. The number of hydrogen-bond donors (Lipinski definition) is 2. The molecule has 0 fully saturated rings. The van der Waals surface area contributed by atoms with Crippen LogP contribution in [0.3, 0.4) is 0 Å². The Balaban J connectivity index is -0.000000219. The van der Waals surface area contributed by atoms with Crippen LogP contribution in [0.5, 0.6) is 0 Å². The molecule has 2 amide bonds. The molecule has 0 saturated heterocycles. The number of rotatable bonds is 6. The van der Waals surface area contributed by atoms with E-state index in [4.69, 9.17) is 30.6 Å². The summed E-state index contributed by atoms with van der Waals surface area (Å²) >= 11 is 0. The van der Waals surface area contributed by atoms with E-state index in [-0.39, 0.29) is 67.4 Å². The number of hydrogen-bond acceptors (Lipinski definition) is 14. The molecule has 2 radical (unpaired) electrons. The van der Waals surface area contributed by atoms with Crippen LogP contribution >= 0.6 is 0 Å². The summed E-state index contributed by atoms with van der Waals surface area (Å²) in [5.74, 6) is -1.19. The quantitative estimate of drug-likeness (QED) is 0.121. The van der Waals surface area contributed by atoms with Gasteiger partial charge in [0.2, 0.25) is 5.91 Å². The standard InChI is InChI=1S/C19H18N8O2.2Cu.2NO3.4H2O/c1-12(14-7-3-5-9-20-14)22-26-18(28)16-11-17(25-24-16)19(29)27-23-13(2)15-8-4-6-10-21-15;;;2*2-1(3)4;;;;/h3-11H,1-2H3,(H3,20,21,24,25,26,27,28,29);;;;;4*1H2/q;2*+2;2*-1;;;;/p-2. The van der Waals surface area contributed by atoms with Crippen molar-refractivity contribution in [3.05, 3.63) is 108 Å². The molecule has 244 valence electrons. The Morgan fingerprint density at radius 2 is 1.12 bits per heavy atom. The number of amides is 2. The van der Waals surface area contributed by atoms with Crippen LogP contribution in [-0.2, 0) is 34.1 Å². The zero-order chi connectivity index (χ0) is 27.8. The van der Waals surface area contributed by atoms with Gasteiger partial charge in [0.1, 0.15) is 5.69 Å². The van der Waals surface area contributed by atoms with Gasteiger partial charge < -0.3 is 62.7 Å². The molecule has 0 saturated carbocycles. The van der Waals surface area contributed by atoms with Gasteiger partial charge in [0.05, 0.1) is 33.0 Å². The van der Waals surface area contributed by atoms with Crippen molar-refractivity contribution in [1.29, 1.82) is 0 Å². The molecule has 0 aromatic carbocycles. The zero-order valence-electron chi connectivity index (χ0n) is 21.6. The van der Waals surface area contributed by atoms with E-state index in [1.807, 2.05) is 12.1 Å². The molecule has 3 heterocycles. The number of nitrogens with zero attached hydrogens (tertiary/aromatic N) is 8. The summed E-state index contributed by atoms with van der Waals surface area (Å²) in [4.78, 5) is 49.1. The Labute approximate surface area is 262 Å². The Morgan fingerprint density at radius 3 is 1.47 bits per heavy atom. The van der Waals surface area contributed by atoms with E-state index < -0.39 is 22.0 Å². The van der Waals surface area contributed by atoms with Crippen LogP contribution in [0, 0.1) is 30.6 Å². The smallest absolute Gasteiger partial charge is 0.870 e. The average Bonchev–Trinajstić information content (AvgIpc) is 3.36. The average molecular weight is 712 g/mol. The third kappa shape index (κ3) is 21.5. The van der Waals surface area contributed by atoms with Crippen LogP contribution in [0.25, 0.3) is 0 Å². The third-order valence-electron chi connectivity index (χ3n) is 3.73. The van der Waals surface area contributed by atoms with Gasteiger partial charge in [0.15, 0.2) is 0 Å². The number of carbonyl (C=O) groups is 2. The summed E-state index contributed by atoms with van der Waals surface area (Å²) < 4.78 is 0. The zero-order valence-corrected chi connectivity index (χ0v) is 23.5. The van der Waals surface area contributed by atoms with E-state index in [0.29, 0.717) is 22.8 Å². The first-order valence-corrected chi connectivity index (χ1v) is 9.66. The number of aromatic nitrogens is 4. The minimum Gasteiger partial charge on any atom is -0.870 e. The first-order chi connectivity index (χ1) is 17.5. The Kier molecular flexibility index (Phi) is 32.2. The van der Waals surface area contributed by atoms with E-state index in [1.54, 1.807) is 50.5 Å².